The lowest BCUT2D eigenvalue weighted by molar-refractivity contribution is -0.130. The average molecular weight is 360 g/mol. The maximum absolute atomic E-state index is 13.6. The monoisotopic (exact) mass is 360 g/mol. The van der Waals surface area contributed by atoms with Gasteiger partial charge in [0, 0.05) is 6.42 Å². The Morgan fingerprint density at radius 3 is 2.54 bits per heavy atom. The summed E-state index contributed by atoms with van der Waals surface area (Å²) in [4.78, 5) is 23.4. The van der Waals surface area contributed by atoms with E-state index in [0.717, 1.165) is 5.56 Å². The Labute approximate surface area is 151 Å². The summed E-state index contributed by atoms with van der Waals surface area (Å²) in [6, 6.07) is 11.8. The van der Waals surface area contributed by atoms with Crippen molar-refractivity contribution in [3.8, 4) is 11.5 Å². The van der Waals surface area contributed by atoms with Crippen LogP contribution in [0.4, 0.5) is 4.39 Å². The first-order valence-corrected chi connectivity index (χ1v) is 8.07. The van der Waals surface area contributed by atoms with Crippen LogP contribution in [0.1, 0.15) is 17.5 Å². The summed E-state index contributed by atoms with van der Waals surface area (Å²) in [6.07, 6.45) is 0.438. The van der Waals surface area contributed by atoms with Crippen molar-refractivity contribution in [1.82, 2.24) is 10.9 Å². The van der Waals surface area contributed by atoms with Crippen LogP contribution in [-0.2, 0) is 16.0 Å². The normalized spacial score (nSPS) is 10.1. The molecule has 26 heavy (non-hydrogen) atoms. The molecule has 0 atom stereocenters. The molecule has 2 aromatic rings. The van der Waals surface area contributed by atoms with Crippen molar-refractivity contribution in [1.29, 1.82) is 0 Å². The Bertz CT molecular complexity index is 780. The predicted molar refractivity (Wildman–Crippen MR) is 94.2 cm³/mol. The van der Waals surface area contributed by atoms with Crippen LogP contribution in [0.2, 0.25) is 0 Å². The lowest BCUT2D eigenvalue weighted by Gasteiger charge is -2.09. The zero-order chi connectivity index (χ0) is 18.9. The Kier molecular flexibility index (Phi) is 6.96. The van der Waals surface area contributed by atoms with Crippen molar-refractivity contribution >= 4 is 11.8 Å². The van der Waals surface area contributed by atoms with Crippen molar-refractivity contribution in [2.45, 2.75) is 19.8 Å². The Morgan fingerprint density at radius 2 is 1.85 bits per heavy atom. The molecular formula is C19H21FN2O4. The fourth-order valence-corrected chi connectivity index (χ4v) is 2.22. The van der Waals surface area contributed by atoms with Gasteiger partial charge in [-0.1, -0.05) is 18.2 Å². The summed E-state index contributed by atoms with van der Waals surface area (Å²) >= 11 is 0. The molecule has 138 valence electrons. The van der Waals surface area contributed by atoms with Crippen LogP contribution < -0.4 is 20.3 Å². The lowest BCUT2D eigenvalue weighted by atomic mass is 10.1. The number of hydrogen-bond acceptors (Lipinski definition) is 4. The third kappa shape index (κ3) is 6.08. The van der Waals surface area contributed by atoms with E-state index in [1.807, 2.05) is 19.1 Å². The third-order valence-corrected chi connectivity index (χ3v) is 3.56. The Hall–Kier alpha value is -3.09. The van der Waals surface area contributed by atoms with Crippen LogP contribution in [0.25, 0.3) is 0 Å². The number of carbonyl (C=O) groups is 2. The van der Waals surface area contributed by atoms with Crippen molar-refractivity contribution in [2.24, 2.45) is 0 Å². The van der Waals surface area contributed by atoms with Gasteiger partial charge < -0.3 is 9.47 Å². The fourth-order valence-electron chi connectivity index (χ4n) is 2.22. The zero-order valence-corrected chi connectivity index (χ0v) is 14.7. The second kappa shape index (κ2) is 9.41. The van der Waals surface area contributed by atoms with Crippen molar-refractivity contribution in [2.75, 3.05) is 13.7 Å². The molecule has 0 spiro atoms. The maximum atomic E-state index is 13.6. The number of rotatable bonds is 7. The van der Waals surface area contributed by atoms with Gasteiger partial charge in [-0.15, -0.1) is 0 Å². The van der Waals surface area contributed by atoms with E-state index in [4.69, 9.17) is 9.47 Å². The molecule has 2 aromatic carbocycles. The molecule has 0 saturated carbocycles. The maximum Gasteiger partial charge on any atom is 0.276 e. The third-order valence-electron chi connectivity index (χ3n) is 3.56. The number of benzene rings is 2. The minimum Gasteiger partial charge on any atom is -0.494 e. The van der Waals surface area contributed by atoms with Gasteiger partial charge in [0.2, 0.25) is 5.91 Å². The van der Waals surface area contributed by atoms with Crippen molar-refractivity contribution in [3.63, 3.8) is 0 Å². The van der Waals surface area contributed by atoms with Crippen LogP contribution in [0, 0.1) is 12.7 Å². The van der Waals surface area contributed by atoms with Gasteiger partial charge in [0.1, 0.15) is 5.75 Å². The SMILES string of the molecule is COc1ccc(CCC(=O)NNC(=O)COc2cccc(C)c2)cc1F. The van der Waals surface area contributed by atoms with Crippen LogP contribution in [-0.4, -0.2) is 25.5 Å². The molecular weight excluding hydrogens is 339 g/mol. The Balaban J connectivity index is 1.69. The Morgan fingerprint density at radius 1 is 1.08 bits per heavy atom. The number of halogens is 1. The molecule has 0 bridgehead atoms. The fraction of sp³-hybridized carbons (Fsp3) is 0.263. The number of amides is 2. The molecule has 0 fully saturated rings. The number of ether oxygens (including phenoxy) is 2. The van der Waals surface area contributed by atoms with E-state index >= 15 is 0 Å². The van der Waals surface area contributed by atoms with Gasteiger partial charge >= 0.3 is 0 Å². The first kappa shape index (κ1) is 19.2. The first-order chi connectivity index (χ1) is 12.5. The summed E-state index contributed by atoms with van der Waals surface area (Å²) in [7, 11) is 1.39. The highest BCUT2D eigenvalue weighted by Crippen LogP contribution is 2.18. The molecule has 0 unspecified atom stereocenters. The van der Waals surface area contributed by atoms with E-state index < -0.39 is 11.7 Å². The predicted octanol–water partition coefficient (Wildman–Crippen LogP) is 2.30. The topological polar surface area (TPSA) is 76.7 Å². The minimum absolute atomic E-state index is 0.102. The van der Waals surface area contributed by atoms with Crippen LogP contribution in [0.3, 0.4) is 0 Å². The van der Waals surface area contributed by atoms with E-state index in [-0.39, 0.29) is 24.7 Å². The van der Waals surface area contributed by atoms with Crippen molar-refractivity contribution < 1.29 is 23.5 Å². The number of methoxy groups -OCH3 is 1. The van der Waals surface area contributed by atoms with Crippen LogP contribution in [0.15, 0.2) is 42.5 Å². The molecule has 0 saturated heterocycles. The van der Waals surface area contributed by atoms with Gasteiger partial charge in [0.05, 0.1) is 7.11 Å². The zero-order valence-electron chi connectivity index (χ0n) is 14.7. The van der Waals surface area contributed by atoms with Gasteiger partial charge in [0.15, 0.2) is 18.2 Å². The van der Waals surface area contributed by atoms with Crippen molar-refractivity contribution in [3.05, 3.63) is 59.4 Å². The molecule has 0 aromatic heterocycles. The summed E-state index contributed by atoms with van der Waals surface area (Å²) in [6.45, 7) is 1.70. The molecule has 7 heteroatoms. The van der Waals surface area contributed by atoms with E-state index in [0.29, 0.717) is 17.7 Å². The molecule has 0 radical (unpaired) electrons. The molecule has 2 amide bonds. The molecule has 0 heterocycles. The average Bonchev–Trinajstić information content (AvgIpc) is 2.63. The van der Waals surface area contributed by atoms with Crippen LogP contribution >= 0.6 is 0 Å². The lowest BCUT2D eigenvalue weighted by Crippen LogP contribution is -2.43. The first-order valence-electron chi connectivity index (χ1n) is 8.07. The van der Waals surface area contributed by atoms with E-state index in [1.165, 1.54) is 19.2 Å². The molecule has 2 N–H and O–H groups in total. The smallest absolute Gasteiger partial charge is 0.276 e. The molecule has 0 aliphatic carbocycles. The largest absolute Gasteiger partial charge is 0.494 e. The second-order valence-corrected chi connectivity index (χ2v) is 5.67. The molecule has 0 aliphatic rings. The highest BCUT2D eigenvalue weighted by Gasteiger charge is 2.08. The van der Waals surface area contributed by atoms with E-state index in [9.17, 15) is 14.0 Å². The van der Waals surface area contributed by atoms with E-state index in [2.05, 4.69) is 10.9 Å². The summed E-state index contributed by atoms with van der Waals surface area (Å²) in [5, 5.41) is 0. The summed E-state index contributed by atoms with van der Waals surface area (Å²) in [5.74, 6) is -0.612. The van der Waals surface area contributed by atoms with Gasteiger partial charge in [-0.3, -0.25) is 20.4 Å². The summed E-state index contributed by atoms with van der Waals surface area (Å²) in [5.41, 5.74) is 6.26. The standard InChI is InChI=1S/C19H21FN2O4/c1-13-4-3-5-15(10-13)26-12-19(24)22-21-18(23)9-7-14-6-8-17(25-2)16(20)11-14/h3-6,8,10-11H,7,9,12H2,1-2H3,(H,21,23)(H,22,24). The quantitative estimate of drug-likeness (QED) is 0.743. The number of nitrogens with one attached hydrogen (secondary N) is 2. The summed E-state index contributed by atoms with van der Waals surface area (Å²) < 4.78 is 23.7. The second-order valence-electron chi connectivity index (χ2n) is 5.67. The van der Waals surface area contributed by atoms with Gasteiger partial charge in [-0.25, -0.2) is 4.39 Å². The number of aryl methyl sites for hydroxylation is 2. The van der Waals surface area contributed by atoms with Gasteiger partial charge in [-0.05, 0) is 48.7 Å². The highest BCUT2D eigenvalue weighted by atomic mass is 19.1. The highest BCUT2D eigenvalue weighted by molar-refractivity contribution is 5.82. The van der Waals surface area contributed by atoms with Crippen LogP contribution in [0.5, 0.6) is 11.5 Å². The minimum atomic E-state index is -0.480. The number of carbonyl (C=O) groups excluding carboxylic acids is 2. The van der Waals surface area contributed by atoms with Gasteiger partial charge in [0.25, 0.3) is 5.91 Å². The number of hydrogen-bond donors (Lipinski definition) is 2. The molecule has 2 rings (SSSR count). The molecule has 6 nitrogen and oxygen atoms in total. The van der Waals surface area contributed by atoms with Gasteiger partial charge in [-0.2, -0.15) is 0 Å². The number of hydrazine groups is 1. The van der Waals surface area contributed by atoms with E-state index in [1.54, 1.807) is 18.2 Å². The molecule has 0 aliphatic heterocycles.